The smallest absolute Gasteiger partial charge is 0.328 e. The number of hydrogen-bond donors (Lipinski definition) is 2. The lowest BCUT2D eigenvalue weighted by Gasteiger charge is -2.36. The molecule has 2 aliphatic rings. The summed E-state index contributed by atoms with van der Waals surface area (Å²) in [4.78, 5) is 31.9. The van der Waals surface area contributed by atoms with Crippen molar-refractivity contribution in [2.24, 2.45) is 0 Å². The van der Waals surface area contributed by atoms with E-state index in [0.29, 0.717) is 6.42 Å². The summed E-state index contributed by atoms with van der Waals surface area (Å²) in [6.45, 7) is 2.03. The zero-order chi connectivity index (χ0) is 18.9. The van der Waals surface area contributed by atoms with E-state index in [4.69, 9.17) is 0 Å². The first-order valence-electron chi connectivity index (χ1n) is 8.95. The van der Waals surface area contributed by atoms with Crippen LogP contribution in [-0.4, -0.2) is 44.9 Å². The number of aromatic nitrogens is 1. The van der Waals surface area contributed by atoms with Crippen LogP contribution in [0.4, 0.5) is 4.79 Å². The molecule has 2 unspecified atom stereocenters. The van der Waals surface area contributed by atoms with Crippen molar-refractivity contribution in [1.29, 1.82) is 0 Å². The summed E-state index contributed by atoms with van der Waals surface area (Å²) in [5.74, 6) is -0.0493. The van der Waals surface area contributed by atoms with Gasteiger partial charge in [0.05, 0.1) is 0 Å². The Bertz CT molecular complexity index is 1120. The first-order chi connectivity index (χ1) is 13.0. The molecule has 3 amide bonds. The molecule has 0 saturated carbocycles. The van der Waals surface area contributed by atoms with Crippen molar-refractivity contribution in [2.45, 2.75) is 25.4 Å². The number of carbonyl (C=O) groups is 2. The van der Waals surface area contributed by atoms with Gasteiger partial charge in [-0.1, -0.05) is 24.3 Å². The molecule has 136 valence electrons. The van der Waals surface area contributed by atoms with Crippen molar-refractivity contribution in [1.82, 2.24) is 14.8 Å². The van der Waals surface area contributed by atoms with E-state index in [-0.39, 0.29) is 17.7 Å². The number of urea groups is 1. The first-order valence-corrected chi connectivity index (χ1v) is 8.95. The highest BCUT2D eigenvalue weighted by Crippen LogP contribution is 2.44. The lowest BCUT2D eigenvalue weighted by atomic mass is 9.88. The number of rotatable bonds is 1. The molecule has 0 bridgehead atoms. The average molecular weight is 361 g/mol. The van der Waals surface area contributed by atoms with Crippen LogP contribution in [0.1, 0.15) is 28.4 Å². The van der Waals surface area contributed by atoms with E-state index in [1.165, 1.54) is 11.9 Å². The molecule has 1 aromatic heterocycles. The van der Waals surface area contributed by atoms with Gasteiger partial charge < -0.3 is 10.1 Å². The Labute approximate surface area is 156 Å². The predicted molar refractivity (Wildman–Crippen MR) is 100 cm³/mol. The van der Waals surface area contributed by atoms with E-state index in [9.17, 15) is 14.7 Å². The number of amides is 3. The number of fused-ring (bicyclic) bond motifs is 4. The lowest BCUT2D eigenvalue weighted by Crippen LogP contribution is -2.44. The number of phenolic OH excluding ortho intramolecular Hbond substituents is 1. The minimum absolute atomic E-state index is 0.134. The molecule has 3 aromatic rings. The molecule has 2 aliphatic heterocycles. The summed E-state index contributed by atoms with van der Waals surface area (Å²) in [7, 11) is 1.53. The van der Waals surface area contributed by atoms with Crippen LogP contribution in [0.5, 0.6) is 5.75 Å². The molecule has 27 heavy (non-hydrogen) atoms. The molecule has 3 heterocycles. The van der Waals surface area contributed by atoms with Gasteiger partial charge in [-0.15, -0.1) is 0 Å². The standard InChI is InChI=1S/C21H19N3O3/c1-11-6-7-14-15-10-17-20(26)23(2)21(27)24(17)19(18(15)22-16(14)8-11)12-4-3-5-13(25)9-12/h3-9,17,19,22,25H,10H2,1-2H3. The summed E-state index contributed by atoms with van der Waals surface area (Å²) < 4.78 is 0. The highest BCUT2D eigenvalue weighted by atomic mass is 16.3. The van der Waals surface area contributed by atoms with Crippen LogP contribution in [0.15, 0.2) is 42.5 Å². The highest BCUT2D eigenvalue weighted by molar-refractivity contribution is 6.05. The molecule has 0 radical (unpaired) electrons. The number of nitrogens with zero attached hydrogens (tertiary/aromatic N) is 2. The van der Waals surface area contributed by atoms with Gasteiger partial charge in [0.15, 0.2) is 0 Å². The van der Waals surface area contributed by atoms with Crippen LogP contribution in [-0.2, 0) is 11.2 Å². The molecule has 0 spiro atoms. The van der Waals surface area contributed by atoms with E-state index < -0.39 is 12.1 Å². The molecule has 2 N–H and O–H groups in total. The largest absolute Gasteiger partial charge is 0.508 e. The Morgan fingerprint density at radius 2 is 1.96 bits per heavy atom. The topological polar surface area (TPSA) is 76.6 Å². The van der Waals surface area contributed by atoms with Crippen molar-refractivity contribution >= 4 is 22.8 Å². The Morgan fingerprint density at radius 3 is 2.74 bits per heavy atom. The molecule has 6 nitrogen and oxygen atoms in total. The first kappa shape index (κ1) is 15.9. The quantitative estimate of drug-likeness (QED) is 0.654. The molecule has 5 rings (SSSR count). The Hall–Kier alpha value is -3.28. The number of imide groups is 1. The fraction of sp³-hybridized carbons (Fsp3) is 0.238. The van der Waals surface area contributed by atoms with Gasteiger partial charge in [0.2, 0.25) is 0 Å². The molecule has 2 atom stereocenters. The van der Waals surface area contributed by atoms with Gasteiger partial charge >= 0.3 is 6.03 Å². The summed E-state index contributed by atoms with van der Waals surface area (Å²) in [6.07, 6.45) is 0.489. The molecule has 6 heteroatoms. The SMILES string of the molecule is Cc1ccc2c3c([nH]c2c1)C(c1cccc(O)c1)N1C(=O)N(C)C(=O)C1C3. The fourth-order valence-corrected chi connectivity index (χ4v) is 4.42. The number of aryl methyl sites for hydroxylation is 1. The zero-order valence-corrected chi connectivity index (χ0v) is 15.1. The maximum Gasteiger partial charge on any atom is 0.328 e. The molecular formula is C21H19N3O3. The van der Waals surface area contributed by atoms with Gasteiger partial charge in [0.25, 0.3) is 5.91 Å². The number of likely N-dealkylation sites (N-methyl/N-ethyl adjacent to an activating group) is 1. The van der Waals surface area contributed by atoms with E-state index in [2.05, 4.69) is 23.2 Å². The molecule has 0 aliphatic carbocycles. The van der Waals surface area contributed by atoms with Crippen LogP contribution >= 0.6 is 0 Å². The van der Waals surface area contributed by atoms with Crippen molar-refractivity contribution in [3.05, 3.63) is 64.8 Å². The van der Waals surface area contributed by atoms with Gasteiger partial charge in [-0.05, 0) is 41.8 Å². The second-order valence-corrected chi connectivity index (χ2v) is 7.37. The third-order valence-electron chi connectivity index (χ3n) is 5.69. The summed E-state index contributed by atoms with van der Waals surface area (Å²) >= 11 is 0. The molecule has 1 fully saturated rings. The summed E-state index contributed by atoms with van der Waals surface area (Å²) in [5.41, 5.74) is 4.90. The lowest BCUT2D eigenvalue weighted by molar-refractivity contribution is -0.127. The number of carbonyl (C=O) groups excluding carboxylic acids is 2. The number of H-pyrrole nitrogens is 1. The number of benzene rings is 2. The van der Waals surface area contributed by atoms with Gasteiger partial charge in [0, 0.05) is 30.1 Å². The van der Waals surface area contributed by atoms with Crippen molar-refractivity contribution in [2.75, 3.05) is 7.05 Å². The fourth-order valence-electron chi connectivity index (χ4n) is 4.42. The average Bonchev–Trinajstić information content (AvgIpc) is 3.10. The Kier molecular flexibility index (Phi) is 3.16. The molecule has 2 aromatic carbocycles. The number of phenols is 1. The minimum atomic E-state index is -0.525. The number of hydrogen-bond acceptors (Lipinski definition) is 3. The van der Waals surface area contributed by atoms with Gasteiger partial charge in [0.1, 0.15) is 17.8 Å². The minimum Gasteiger partial charge on any atom is -0.508 e. The van der Waals surface area contributed by atoms with Crippen molar-refractivity contribution in [3.8, 4) is 5.75 Å². The monoisotopic (exact) mass is 361 g/mol. The maximum absolute atomic E-state index is 12.9. The van der Waals surface area contributed by atoms with Gasteiger partial charge in [-0.25, -0.2) is 4.79 Å². The van der Waals surface area contributed by atoms with Gasteiger partial charge in [-0.3, -0.25) is 14.6 Å². The van der Waals surface area contributed by atoms with Crippen LogP contribution in [0.25, 0.3) is 10.9 Å². The van der Waals surface area contributed by atoms with E-state index in [1.54, 1.807) is 23.1 Å². The second-order valence-electron chi connectivity index (χ2n) is 7.37. The third-order valence-corrected chi connectivity index (χ3v) is 5.69. The Morgan fingerprint density at radius 1 is 1.15 bits per heavy atom. The highest BCUT2D eigenvalue weighted by Gasteiger charge is 2.51. The summed E-state index contributed by atoms with van der Waals surface area (Å²) in [6, 6.07) is 11.8. The normalized spacial score (nSPS) is 21.7. The number of aromatic amines is 1. The summed E-state index contributed by atoms with van der Waals surface area (Å²) in [5, 5.41) is 11.1. The van der Waals surface area contributed by atoms with Crippen molar-refractivity contribution in [3.63, 3.8) is 0 Å². The van der Waals surface area contributed by atoms with Crippen LogP contribution in [0.2, 0.25) is 0 Å². The van der Waals surface area contributed by atoms with Crippen LogP contribution < -0.4 is 0 Å². The third kappa shape index (κ3) is 2.13. The van der Waals surface area contributed by atoms with Crippen LogP contribution in [0.3, 0.4) is 0 Å². The van der Waals surface area contributed by atoms with E-state index in [1.807, 2.05) is 13.0 Å². The van der Waals surface area contributed by atoms with Gasteiger partial charge in [-0.2, -0.15) is 0 Å². The second kappa shape index (κ2) is 5.36. The number of nitrogens with one attached hydrogen (secondary N) is 1. The van der Waals surface area contributed by atoms with E-state index >= 15 is 0 Å². The van der Waals surface area contributed by atoms with Crippen molar-refractivity contribution < 1.29 is 14.7 Å². The predicted octanol–water partition coefficient (Wildman–Crippen LogP) is 3.09. The number of aromatic hydroxyl groups is 1. The Balaban J connectivity index is 1.79. The molecular weight excluding hydrogens is 342 g/mol. The maximum atomic E-state index is 12.9. The molecule has 1 saturated heterocycles. The van der Waals surface area contributed by atoms with E-state index in [0.717, 1.165) is 33.3 Å². The zero-order valence-electron chi connectivity index (χ0n) is 15.1. The van der Waals surface area contributed by atoms with Crippen LogP contribution in [0, 0.1) is 6.92 Å².